The molecule has 8 aromatic rings. The molecule has 80 heavy (non-hydrogen) atoms. The number of rotatable bonds is 13. The molecule has 0 saturated carbocycles. The summed E-state index contributed by atoms with van der Waals surface area (Å²) in [4.78, 5) is 117. The Morgan fingerprint density at radius 3 is 2.20 bits per heavy atom. The number of hydrogen-bond acceptors (Lipinski definition) is 22. The molecule has 1 aliphatic rings. The summed E-state index contributed by atoms with van der Waals surface area (Å²) in [7, 11) is 2.95. The highest BCUT2D eigenvalue weighted by molar-refractivity contribution is 7.15. The van der Waals surface area contributed by atoms with E-state index in [9.17, 15) is 33.9 Å². The van der Waals surface area contributed by atoms with Gasteiger partial charge in [-0.15, -0.1) is 68.0 Å². The van der Waals surface area contributed by atoms with E-state index in [2.05, 4.69) is 36.9 Å². The molecule has 1 aliphatic heterocycles. The number of aryl methyl sites for hydroxylation is 1. The lowest BCUT2D eigenvalue weighted by atomic mass is 10.0. The van der Waals surface area contributed by atoms with Crippen molar-refractivity contribution in [1.29, 1.82) is 0 Å². The maximum Gasteiger partial charge on any atom is 0.271 e. The maximum atomic E-state index is 14.3. The lowest BCUT2D eigenvalue weighted by Crippen LogP contribution is -2.40. The number of hydrogen-bond donors (Lipinski definition) is 8. The third-order valence-corrected chi connectivity index (χ3v) is 18.1. The van der Waals surface area contributed by atoms with Crippen molar-refractivity contribution in [2.45, 2.75) is 77.3 Å². The number of pyridine rings is 1. The number of ether oxygens (including phenoxy) is 1. The monoisotopic (exact) mass is 1190 g/mol. The number of thiazole rings is 6. The fourth-order valence-corrected chi connectivity index (χ4v) is 13.8. The number of amides is 6. The number of anilines is 1. The maximum absolute atomic E-state index is 14.3. The van der Waals surface area contributed by atoms with E-state index < -0.39 is 54.4 Å². The molecule has 10 bridgehead atoms. The van der Waals surface area contributed by atoms with Crippen LogP contribution in [0.15, 0.2) is 64.0 Å². The van der Waals surface area contributed by atoms with Crippen LogP contribution in [0.3, 0.4) is 0 Å². The first-order valence-corrected chi connectivity index (χ1v) is 30.2. The number of aliphatic hydroxyl groups excluding tert-OH is 1. The van der Waals surface area contributed by atoms with Crippen LogP contribution in [0.2, 0.25) is 0 Å². The zero-order valence-corrected chi connectivity index (χ0v) is 48.5. The third-order valence-electron chi connectivity index (χ3n) is 12.4. The zero-order valence-electron chi connectivity index (χ0n) is 43.6. The molecule has 7 aromatic heterocycles. The van der Waals surface area contributed by atoms with Gasteiger partial charge in [-0.2, -0.15) is 0 Å². The van der Waals surface area contributed by atoms with E-state index in [0.717, 1.165) is 17.8 Å². The van der Waals surface area contributed by atoms with Gasteiger partial charge < -0.3 is 47.5 Å². The van der Waals surface area contributed by atoms with E-state index in [1.54, 1.807) is 64.8 Å². The molecule has 1 unspecified atom stereocenters. The minimum Gasteiger partial charge on any atom is -0.386 e. The van der Waals surface area contributed by atoms with Gasteiger partial charge in [-0.3, -0.25) is 28.8 Å². The van der Waals surface area contributed by atoms with Crippen LogP contribution in [0.1, 0.15) is 126 Å². The molecule has 22 nitrogen and oxygen atoms in total. The molecule has 4 atom stereocenters. The van der Waals surface area contributed by atoms with Crippen LogP contribution in [-0.2, 0) is 25.7 Å². The fraction of sp³-hybridized carbons (Fsp3) is 0.327. The number of methoxy groups -OCH3 is 1. The highest BCUT2D eigenvalue weighted by atomic mass is 32.1. The van der Waals surface area contributed by atoms with E-state index in [1.807, 2.05) is 19.9 Å². The highest BCUT2D eigenvalue weighted by Crippen LogP contribution is 2.40. The summed E-state index contributed by atoms with van der Waals surface area (Å²) in [5.41, 5.74) is 8.52. The van der Waals surface area contributed by atoms with Crippen LogP contribution in [0.5, 0.6) is 0 Å². The Bertz CT molecular complexity index is 3550. The average Bonchev–Trinajstić information content (AvgIpc) is 4.37. The number of unbranched alkanes of at least 4 members (excludes halogenated alkanes) is 1. The summed E-state index contributed by atoms with van der Waals surface area (Å²) in [6.07, 6.45) is 0.196. The molecule has 416 valence electrons. The molecule has 0 spiro atoms. The van der Waals surface area contributed by atoms with Crippen LogP contribution in [-0.4, -0.2) is 103 Å². The molecule has 0 radical (unpaired) electrons. The largest absolute Gasteiger partial charge is 0.386 e. The van der Waals surface area contributed by atoms with Gasteiger partial charge in [0.1, 0.15) is 82.2 Å². The predicted octanol–water partition coefficient (Wildman–Crippen LogP) is 7.38. The average molecular weight is 1200 g/mol. The van der Waals surface area contributed by atoms with Gasteiger partial charge in [0.2, 0.25) is 17.7 Å². The van der Waals surface area contributed by atoms with Gasteiger partial charge in [0, 0.05) is 52.5 Å². The van der Waals surface area contributed by atoms with Gasteiger partial charge in [-0.25, -0.2) is 34.9 Å². The van der Waals surface area contributed by atoms with Crippen LogP contribution in [0, 0.1) is 12.8 Å². The first-order chi connectivity index (χ1) is 38.6. The summed E-state index contributed by atoms with van der Waals surface area (Å²) in [5.74, 6) is -2.88. The fourth-order valence-electron chi connectivity index (χ4n) is 8.28. The van der Waals surface area contributed by atoms with Crippen molar-refractivity contribution in [3.8, 4) is 43.4 Å². The van der Waals surface area contributed by atoms with Gasteiger partial charge in [0.25, 0.3) is 17.7 Å². The second-order valence-corrected chi connectivity index (χ2v) is 24.3. The molecule has 0 fully saturated rings. The van der Waals surface area contributed by atoms with Crippen molar-refractivity contribution in [3.63, 3.8) is 0 Å². The lowest BCUT2D eigenvalue weighted by Gasteiger charge is -2.23. The normalized spacial score (nSPS) is 16.5. The summed E-state index contributed by atoms with van der Waals surface area (Å²) < 4.78 is 5.45. The number of carbonyl (C=O) groups is 6. The third kappa shape index (κ3) is 13.4. The Morgan fingerprint density at radius 2 is 1.44 bits per heavy atom. The lowest BCUT2D eigenvalue weighted by molar-refractivity contribution is -0.122. The number of aromatic nitrogens is 7. The van der Waals surface area contributed by atoms with Gasteiger partial charge in [-0.05, 0) is 49.9 Å². The number of benzene rings is 1. The number of fused-ring (bicyclic) bond motifs is 14. The van der Waals surface area contributed by atoms with Crippen molar-refractivity contribution in [2.24, 2.45) is 11.7 Å². The second kappa shape index (κ2) is 26.0. The van der Waals surface area contributed by atoms with Crippen molar-refractivity contribution < 1.29 is 38.6 Å². The minimum atomic E-state index is -1.26. The van der Waals surface area contributed by atoms with Crippen molar-refractivity contribution in [2.75, 3.05) is 32.6 Å². The summed E-state index contributed by atoms with van der Waals surface area (Å²) in [6, 6.07) is 9.62. The van der Waals surface area contributed by atoms with Gasteiger partial charge >= 0.3 is 0 Å². The van der Waals surface area contributed by atoms with E-state index in [4.69, 9.17) is 40.4 Å². The molecular formula is C52H54N14O8S6. The summed E-state index contributed by atoms with van der Waals surface area (Å²) in [5, 5.41) is 38.2. The van der Waals surface area contributed by atoms with Crippen molar-refractivity contribution in [3.05, 3.63) is 111 Å². The second-order valence-electron chi connectivity index (χ2n) is 18.5. The molecular weight excluding hydrogens is 1140 g/mol. The first-order valence-electron chi connectivity index (χ1n) is 25.0. The minimum absolute atomic E-state index is 0.00516. The number of nitrogens with one attached hydrogen (secondary N) is 6. The SMILES string of the molecule is CNC(=O)C[C@@H]1NC(=O)c2csc(n2)-c2ccc(-c3nc(NC(=O)CCCCN)cs3)nc2-c2csc(n2)-c2csc(n2)[C@H]([C@@H](O)c2ccccc2)NC(=O)CNC(=O)c2nc(sc2COC)C(C(C)C)NC(=O)c2nc1sc2C. The van der Waals surface area contributed by atoms with Gasteiger partial charge in [0.05, 0.1) is 42.2 Å². The van der Waals surface area contributed by atoms with Crippen molar-refractivity contribution >= 4 is 109 Å². The Kier molecular flexibility index (Phi) is 18.7. The molecule has 28 heteroatoms. The molecule has 0 aliphatic carbocycles. The Hall–Kier alpha value is -7.15. The van der Waals surface area contributed by atoms with E-state index in [-0.39, 0.29) is 47.8 Å². The van der Waals surface area contributed by atoms with Crippen LogP contribution < -0.4 is 37.6 Å². The van der Waals surface area contributed by atoms with E-state index >= 15 is 0 Å². The Labute approximate surface area is 482 Å². The number of aliphatic hydroxyl groups is 1. The predicted molar refractivity (Wildman–Crippen MR) is 308 cm³/mol. The van der Waals surface area contributed by atoms with E-state index in [0.29, 0.717) is 98.9 Å². The molecule has 1 aromatic carbocycles. The van der Waals surface area contributed by atoms with E-state index in [1.165, 1.54) is 70.8 Å². The molecule has 6 amide bonds. The van der Waals surface area contributed by atoms with Crippen LogP contribution in [0.25, 0.3) is 43.4 Å². The van der Waals surface area contributed by atoms with Gasteiger partial charge in [0.15, 0.2) is 0 Å². The summed E-state index contributed by atoms with van der Waals surface area (Å²) >= 11 is 7.29. The number of nitrogens with two attached hydrogens (primary N) is 1. The summed E-state index contributed by atoms with van der Waals surface area (Å²) in [6.45, 7) is 5.48. The quantitative estimate of drug-likeness (QED) is 0.0522. The Morgan fingerprint density at radius 1 is 0.713 bits per heavy atom. The first kappa shape index (κ1) is 57.5. The smallest absolute Gasteiger partial charge is 0.271 e. The topological polar surface area (TPSA) is 320 Å². The van der Waals surface area contributed by atoms with Crippen molar-refractivity contribution in [1.82, 2.24) is 61.5 Å². The molecule has 8 heterocycles. The Balaban J connectivity index is 1.12. The number of carbonyl (C=O) groups excluding carboxylic acids is 6. The van der Waals surface area contributed by atoms with Gasteiger partial charge in [-0.1, -0.05) is 44.2 Å². The molecule has 9 rings (SSSR count). The number of nitrogens with zero attached hydrogens (tertiary/aromatic N) is 7. The van der Waals surface area contributed by atoms with Crippen LogP contribution >= 0.6 is 68.0 Å². The molecule has 0 saturated heterocycles. The highest BCUT2D eigenvalue weighted by Gasteiger charge is 2.33. The molecule has 9 N–H and O–H groups in total. The van der Waals surface area contributed by atoms with Crippen LogP contribution in [0.4, 0.5) is 5.82 Å². The zero-order chi connectivity index (χ0) is 56.6. The standard InChI is InChI=1S/C52H54N14O8S6/c1-24(2)38-52-66-41(33(80-52)19-74-5)45(72)55-18-37(69)63-42(43(70)26-11-7-6-8-12-26)51-60-32(22-77-51)49-58-30(20-76-49)40-27(14-15-28(56-40)48-62-34(23-78-48)61-35(67)13-9-10-16-53)47-59-31(21-75-47)44(71)57-29(17-36(68)54-4)50-65-39(25(3)79-50)46(73)64-38/h6-8,11-12,14-15,20-24,29,38,42-43,70H,9-10,13,16-19,53H2,1-5H3,(H,54,68)(H,55,72)(H,57,71)(H,61,67)(H,63,69)(H,64,73)/t29-,38?,42-,43-/m0/s1.